The van der Waals surface area contributed by atoms with Crippen molar-refractivity contribution in [3.8, 4) is 0 Å². The summed E-state index contributed by atoms with van der Waals surface area (Å²) in [6.07, 6.45) is 0.988. The molecule has 1 aromatic carbocycles. The van der Waals surface area contributed by atoms with E-state index in [1.807, 2.05) is 24.3 Å². The normalized spacial score (nSPS) is 25.4. The molecule has 0 spiro atoms. The number of rotatable bonds is 1. The third-order valence-electron chi connectivity index (χ3n) is 3.35. The van der Waals surface area contributed by atoms with Crippen LogP contribution in [0.4, 0.5) is 6.01 Å². The zero-order valence-electron chi connectivity index (χ0n) is 9.77. The lowest BCUT2D eigenvalue weighted by Crippen LogP contribution is -2.40. The van der Waals surface area contributed by atoms with E-state index in [4.69, 9.17) is 16.0 Å². The van der Waals surface area contributed by atoms with Gasteiger partial charge in [-0.2, -0.15) is 4.98 Å². The van der Waals surface area contributed by atoms with E-state index in [0.717, 1.165) is 36.6 Å². The summed E-state index contributed by atoms with van der Waals surface area (Å²) in [6, 6.07) is 8.58. The molecule has 1 aromatic heterocycles. The summed E-state index contributed by atoms with van der Waals surface area (Å²) in [6.45, 7) is 4.01. The average molecular weight is 251 g/mol. The van der Waals surface area contributed by atoms with Crippen LogP contribution in [0, 0.1) is 5.92 Å². The molecule has 2 atom stereocenters. The molecule has 0 aliphatic carbocycles. The van der Waals surface area contributed by atoms with Gasteiger partial charge >= 0.3 is 0 Å². The summed E-state index contributed by atoms with van der Waals surface area (Å²) in [5.74, 6) is 0.473. The molecule has 1 saturated heterocycles. The number of alkyl halides is 1. The van der Waals surface area contributed by atoms with E-state index >= 15 is 0 Å². The van der Waals surface area contributed by atoms with Crippen LogP contribution in [0.25, 0.3) is 11.1 Å². The van der Waals surface area contributed by atoms with Crippen molar-refractivity contribution in [2.75, 3.05) is 18.0 Å². The second-order valence-electron chi connectivity index (χ2n) is 4.69. The van der Waals surface area contributed by atoms with Crippen molar-refractivity contribution in [3.05, 3.63) is 24.3 Å². The Kier molecular flexibility index (Phi) is 2.71. The molecule has 3 nitrogen and oxygen atoms in total. The quantitative estimate of drug-likeness (QED) is 0.728. The summed E-state index contributed by atoms with van der Waals surface area (Å²) in [5, 5.41) is 0.274. The first kappa shape index (κ1) is 10.9. The first-order chi connectivity index (χ1) is 8.24. The predicted molar refractivity (Wildman–Crippen MR) is 69.6 cm³/mol. The van der Waals surface area contributed by atoms with Crippen molar-refractivity contribution in [2.24, 2.45) is 5.92 Å². The molecule has 1 aliphatic rings. The first-order valence-corrected chi connectivity index (χ1v) is 6.42. The minimum absolute atomic E-state index is 0.274. The zero-order chi connectivity index (χ0) is 11.8. The second kappa shape index (κ2) is 4.22. The molecule has 0 amide bonds. The van der Waals surface area contributed by atoms with Gasteiger partial charge in [0, 0.05) is 18.5 Å². The number of benzene rings is 1. The molecule has 1 aliphatic heterocycles. The minimum atomic E-state index is 0.274. The van der Waals surface area contributed by atoms with Crippen LogP contribution in [-0.4, -0.2) is 23.5 Å². The monoisotopic (exact) mass is 250 g/mol. The molecular weight excluding hydrogens is 236 g/mol. The number of hydrogen-bond acceptors (Lipinski definition) is 3. The van der Waals surface area contributed by atoms with Gasteiger partial charge in [-0.25, -0.2) is 0 Å². The summed E-state index contributed by atoms with van der Waals surface area (Å²) in [4.78, 5) is 6.70. The zero-order valence-corrected chi connectivity index (χ0v) is 10.5. The summed E-state index contributed by atoms with van der Waals surface area (Å²) in [5.41, 5.74) is 1.77. The Balaban J connectivity index is 1.88. The highest BCUT2D eigenvalue weighted by Crippen LogP contribution is 2.28. The first-order valence-electron chi connectivity index (χ1n) is 5.98. The Morgan fingerprint density at radius 3 is 3.00 bits per heavy atom. The maximum atomic E-state index is 6.22. The lowest BCUT2D eigenvalue weighted by atomic mass is 10.0. The number of nitrogens with zero attached hydrogens (tertiary/aromatic N) is 2. The highest BCUT2D eigenvalue weighted by Gasteiger charge is 2.26. The van der Waals surface area contributed by atoms with E-state index in [1.54, 1.807) is 0 Å². The van der Waals surface area contributed by atoms with Gasteiger partial charge in [-0.1, -0.05) is 19.1 Å². The van der Waals surface area contributed by atoms with Crippen LogP contribution in [0.15, 0.2) is 28.7 Å². The average Bonchev–Trinajstić information content (AvgIpc) is 2.76. The van der Waals surface area contributed by atoms with Gasteiger partial charge in [0.05, 0.1) is 0 Å². The molecule has 3 rings (SSSR count). The number of halogens is 1. The molecule has 17 heavy (non-hydrogen) atoms. The van der Waals surface area contributed by atoms with Crippen LogP contribution in [0.5, 0.6) is 0 Å². The number of para-hydroxylation sites is 2. The lowest BCUT2D eigenvalue weighted by Gasteiger charge is -2.32. The van der Waals surface area contributed by atoms with Gasteiger partial charge in [0.25, 0.3) is 6.01 Å². The molecular formula is C13H15ClN2O. The van der Waals surface area contributed by atoms with Crippen LogP contribution in [-0.2, 0) is 0 Å². The lowest BCUT2D eigenvalue weighted by molar-refractivity contribution is 0.428. The van der Waals surface area contributed by atoms with Crippen molar-refractivity contribution in [1.29, 1.82) is 0 Å². The Labute approximate surface area is 105 Å². The molecule has 2 aromatic rings. The van der Waals surface area contributed by atoms with Gasteiger partial charge in [-0.05, 0) is 24.5 Å². The van der Waals surface area contributed by atoms with Gasteiger partial charge in [-0.15, -0.1) is 11.6 Å². The van der Waals surface area contributed by atoms with Crippen molar-refractivity contribution >= 4 is 28.7 Å². The Bertz CT molecular complexity index is 492. The summed E-state index contributed by atoms with van der Waals surface area (Å²) >= 11 is 6.22. The molecule has 1 fully saturated rings. The molecule has 2 heterocycles. The highest BCUT2D eigenvalue weighted by atomic mass is 35.5. The third kappa shape index (κ3) is 2.00. The smallest absolute Gasteiger partial charge is 0.298 e. The van der Waals surface area contributed by atoms with Gasteiger partial charge in [0.1, 0.15) is 5.52 Å². The molecule has 90 valence electrons. The van der Waals surface area contributed by atoms with Crippen molar-refractivity contribution < 1.29 is 4.42 Å². The number of anilines is 1. The molecule has 0 bridgehead atoms. The van der Waals surface area contributed by atoms with Crippen molar-refractivity contribution in [3.63, 3.8) is 0 Å². The number of hydrogen-bond donors (Lipinski definition) is 0. The molecule has 2 unspecified atom stereocenters. The Hall–Kier alpha value is -1.22. The number of fused-ring (bicyclic) bond motifs is 1. The number of piperidine rings is 1. The molecule has 0 N–H and O–H groups in total. The van der Waals surface area contributed by atoms with Crippen molar-refractivity contribution in [1.82, 2.24) is 4.98 Å². The van der Waals surface area contributed by atoms with Gasteiger partial charge in [0.15, 0.2) is 5.58 Å². The van der Waals surface area contributed by atoms with Crippen LogP contribution < -0.4 is 4.90 Å². The van der Waals surface area contributed by atoms with Gasteiger partial charge in [0.2, 0.25) is 0 Å². The number of oxazole rings is 1. The largest absolute Gasteiger partial charge is 0.423 e. The Morgan fingerprint density at radius 1 is 1.41 bits per heavy atom. The fraction of sp³-hybridized carbons (Fsp3) is 0.462. The topological polar surface area (TPSA) is 29.3 Å². The molecule has 0 saturated carbocycles. The van der Waals surface area contributed by atoms with Gasteiger partial charge in [-0.3, -0.25) is 0 Å². The van der Waals surface area contributed by atoms with Gasteiger partial charge < -0.3 is 9.32 Å². The van der Waals surface area contributed by atoms with Crippen LogP contribution >= 0.6 is 11.6 Å². The van der Waals surface area contributed by atoms with E-state index in [-0.39, 0.29) is 5.38 Å². The number of aromatic nitrogens is 1. The van der Waals surface area contributed by atoms with E-state index in [9.17, 15) is 0 Å². The Morgan fingerprint density at radius 2 is 2.24 bits per heavy atom. The van der Waals surface area contributed by atoms with E-state index in [1.165, 1.54) is 0 Å². The SMILES string of the molecule is CC1CN(c2nc3ccccc3o2)CCC1Cl. The second-order valence-corrected chi connectivity index (χ2v) is 5.25. The van der Waals surface area contributed by atoms with E-state index in [2.05, 4.69) is 16.8 Å². The summed E-state index contributed by atoms with van der Waals surface area (Å²) in [7, 11) is 0. The fourth-order valence-corrected chi connectivity index (χ4v) is 2.46. The standard InChI is InChI=1S/C13H15ClN2O/c1-9-8-16(7-6-10(9)14)13-15-11-4-2-3-5-12(11)17-13/h2-5,9-10H,6-8H2,1H3. The maximum Gasteiger partial charge on any atom is 0.298 e. The predicted octanol–water partition coefficient (Wildman–Crippen LogP) is 3.28. The van der Waals surface area contributed by atoms with E-state index in [0.29, 0.717) is 5.92 Å². The van der Waals surface area contributed by atoms with Crippen molar-refractivity contribution in [2.45, 2.75) is 18.7 Å². The third-order valence-corrected chi connectivity index (χ3v) is 4.00. The van der Waals surface area contributed by atoms with Crippen LogP contribution in [0.2, 0.25) is 0 Å². The van der Waals surface area contributed by atoms with E-state index < -0.39 is 0 Å². The summed E-state index contributed by atoms with van der Waals surface area (Å²) < 4.78 is 5.76. The minimum Gasteiger partial charge on any atom is -0.423 e. The maximum absolute atomic E-state index is 6.22. The highest BCUT2D eigenvalue weighted by molar-refractivity contribution is 6.20. The molecule has 4 heteroatoms. The molecule has 0 radical (unpaired) electrons. The fourth-order valence-electron chi connectivity index (χ4n) is 2.29. The van der Waals surface area contributed by atoms with Crippen LogP contribution in [0.3, 0.4) is 0 Å². The van der Waals surface area contributed by atoms with Crippen LogP contribution in [0.1, 0.15) is 13.3 Å².